The molecule has 1 heterocycles. The van der Waals surface area contributed by atoms with Crippen LogP contribution < -0.4 is 10.1 Å². The smallest absolute Gasteiger partial charge is 0.229 e. The largest absolute Gasteiger partial charge is 0.496 e. The zero-order chi connectivity index (χ0) is 16.3. The lowest BCUT2D eigenvalue weighted by atomic mass is 10.1. The van der Waals surface area contributed by atoms with Crippen molar-refractivity contribution in [2.24, 2.45) is 0 Å². The second-order valence-corrected chi connectivity index (χ2v) is 6.36. The summed E-state index contributed by atoms with van der Waals surface area (Å²) >= 11 is 1.43. The van der Waals surface area contributed by atoms with Crippen LogP contribution in [-0.4, -0.2) is 13.0 Å². The molecule has 1 aromatic heterocycles. The number of carbonyl (C=O) groups is 1. The maximum Gasteiger partial charge on any atom is 0.229 e. The van der Waals surface area contributed by atoms with Crippen LogP contribution in [-0.2, 0) is 11.2 Å². The van der Waals surface area contributed by atoms with Gasteiger partial charge in [-0.25, -0.2) is 0 Å². The maximum atomic E-state index is 12.3. The molecule has 0 aliphatic carbocycles. The highest BCUT2D eigenvalue weighted by atomic mass is 32.1. The van der Waals surface area contributed by atoms with Crippen LogP contribution in [0.1, 0.15) is 27.1 Å². The summed E-state index contributed by atoms with van der Waals surface area (Å²) in [5.41, 5.74) is 3.38. The number of hydrogen-bond acceptors (Lipinski definition) is 4. The van der Waals surface area contributed by atoms with Crippen LogP contribution in [0.2, 0.25) is 0 Å². The highest BCUT2D eigenvalue weighted by Crippen LogP contribution is 2.32. The summed E-state index contributed by atoms with van der Waals surface area (Å²) in [5, 5.41) is 12.7. The zero-order valence-electron chi connectivity index (χ0n) is 13.1. The number of benzene rings is 1. The number of methoxy groups -OCH3 is 1. The molecule has 0 spiro atoms. The average molecular weight is 314 g/mol. The van der Waals surface area contributed by atoms with E-state index in [9.17, 15) is 10.1 Å². The van der Waals surface area contributed by atoms with Crippen LogP contribution in [0, 0.1) is 32.1 Å². The summed E-state index contributed by atoms with van der Waals surface area (Å²) in [6.45, 7) is 5.81. The van der Waals surface area contributed by atoms with E-state index in [4.69, 9.17) is 4.74 Å². The van der Waals surface area contributed by atoms with Gasteiger partial charge in [-0.15, -0.1) is 11.3 Å². The van der Waals surface area contributed by atoms with Gasteiger partial charge in [-0.05, 0) is 32.4 Å². The van der Waals surface area contributed by atoms with Gasteiger partial charge in [0.05, 0.1) is 19.1 Å². The highest BCUT2D eigenvalue weighted by molar-refractivity contribution is 7.16. The molecule has 0 bridgehead atoms. The van der Waals surface area contributed by atoms with E-state index >= 15 is 0 Å². The summed E-state index contributed by atoms with van der Waals surface area (Å²) in [5.74, 6) is 0.543. The Kier molecular flexibility index (Phi) is 4.84. The lowest BCUT2D eigenvalue weighted by Crippen LogP contribution is -2.15. The Bertz CT molecular complexity index is 757. The van der Waals surface area contributed by atoms with Gasteiger partial charge in [-0.1, -0.05) is 17.7 Å². The van der Waals surface area contributed by atoms with Gasteiger partial charge in [-0.3, -0.25) is 4.79 Å². The fourth-order valence-corrected chi connectivity index (χ4v) is 3.27. The second kappa shape index (κ2) is 6.63. The number of rotatable bonds is 4. The van der Waals surface area contributed by atoms with Gasteiger partial charge in [0.25, 0.3) is 0 Å². The lowest BCUT2D eigenvalue weighted by molar-refractivity contribution is -0.115. The van der Waals surface area contributed by atoms with Crippen molar-refractivity contribution in [2.45, 2.75) is 27.2 Å². The molecule has 114 valence electrons. The zero-order valence-corrected chi connectivity index (χ0v) is 13.9. The van der Waals surface area contributed by atoms with Gasteiger partial charge in [0.1, 0.15) is 16.8 Å². The number of anilines is 1. The molecule has 1 aromatic carbocycles. The van der Waals surface area contributed by atoms with Crippen molar-refractivity contribution in [3.05, 3.63) is 45.3 Å². The number of carbonyl (C=O) groups excluding carboxylic acids is 1. The van der Waals surface area contributed by atoms with Crippen LogP contribution >= 0.6 is 11.3 Å². The fourth-order valence-electron chi connectivity index (χ4n) is 2.24. The first kappa shape index (κ1) is 16.1. The monoisotopic (exact) mass is 314 g/mol. The van der Waals surface area contributed by atoms with Crippen molar-refractivity contribution < 1.29 is 9.53 Å². The normalized spacial score (nSPS) is 10.1. The number of hydrogen-bond donors (Lipinski definition) is 1. The standard InChI is InChI=1S/C17H18N2O2S/c1-10-5-6-15(21-4)13(7-10)8-16(20)19-17-14(9-18)11(2)12(3)22-17/h5-7H,8H2,1-4H3,(H,19,20). The Morgan fingerprint density at radius 1 is 1.36 bits per heavy atom. The van der Waals surface area contributed by atoms with E-state index in [0.717, 1.165) is 21.6 Å². The number of amides is 1. The van der Waals surface area contributed by atoms with Gasteiger partial charge >= 0.3 is 0 Å². The highest BCUT2D eigenvalue weighted by Gasteiger charge is 2.16. The Morgan fingerprint density at radius 3 is 2.73 bits per heavy atom. The van der Waals surface area contributed by atoms with Crippen molar-refractivity contribution in [1.82, 2.24) is 0 Å². The SMILES string of the molecule is COc1ccc(C)cc1CC(=O)Nc1sc(C)c(C)c1C#N. The fraction of sp³-hybridized carbons (Fsp3) is 0.294. The molecule has 4 nitrogen and oxygen atoms in total. The summed E-state index contributed by atoms with van der Waals surface area (Å²) in [4.78, 5) is 13.3. The van der Waals surface area contributed by atoms with Crippen LogP contribution in [0.15, 0.2) is 18.2 Å². The predicted molar refractivity (Wildman–Crippen MR) is 88.6 cm³/mol. The Balaban J connectivity index is 2.20. The van der Waals surface area contributed by atoms with Gasteiger partial charge in [0, 0.05) is 10.4 Å². The molecule has 0 radical (unpaired) electrons. The van der Waals surface area contributed by atoms with Crippen molar-refractivity contribution in [3.63, 3.8) is 0 Å². The molecule has 0 atom stereocenters. The topological polar surface area (TPSA) is 62.1 Å². The number of nitriles is 1. The molecule has 5 heteroatoms. The third-order valence-corrected chi connectivity index (χ3v) is 4.66. The number of aryl methyl sites for hydroxylation is 2. The lowest BCUT2D eigenvalue weighted by Gasteiger charge is -2.09. The third-order valence-electron chi connectivity index (χ3n) is 3.54. The molecule has 2 aromatic rings. The number of nitrogens with zero attached hydrogens (tertiary/aromatic N) is 1. The number of thiophene rings is 1. The van der Waals surface area contributed by atoms with E-state index in [-0.39, 0.29) is 12.3 Å². The van der Waals surface area contributed by atoms with Crippen LogP contribution in [0.25, 0.3) is 0 Å². The van der Waals surface area contributed by atoms with Crippen molar-refractivity contribution in [3.8, 4) is 11.8 Å². The van der Waals surface area contributed by atoms with E-state index in [2.05, 4.69) is 11.4 Å². The number of nitrogens with one attached hydrogen (secondary N) is 1. The molecular formula is C17H18N2O2S. The third kappa shape index (κ3) is 3.29. The minimum absolute atomic E-state index is 0.151. The van der Waals surface area contributed by atoms with E-state index < -0.39 is 0 Å². The van der Waals surface area contributed by atoms with Crippen molar-refractivity contribution in [2.75, 3.05) is 12.4 Å². The molecule has 0 aliphatic heterocycles. The summed E-state index contributed by atoms with van der Waals surface area (Å²) in [6.07, 6.45) is 0.214. The summed E-state index contributed by atoms with van der Waals surface area (Å²) in [7, 11) is 1.59. The summed E-state index contributed by atoms with van der Waals surface area (Å²) in [6, 6.07) is 7.90. The van der Waals surface area contributed by atoms with Gasteiger partial charge < -0.3 is 10.1 Å². The Hall–Kier alpha value is -2.32. The minimum Gasteiger partial charge on any atom is -0.496 e. The van der Waals surface area contributed by atoms with Crippen molar-refractivity contribution >= 4 is 22.2 Å². The molecule has 22 heavy (non-hydrogen) atoms. The van der Waals surface area contributed by atoms with Crippen molar-refractivity contribution in [1.29, 1.82) is 5.26 Å². The molecule has 1 amide bonds. The molecule has 0 fully saturated rings. The van der Waals surface area contributed by atoms with E-state index in [0.29, 0.717) is 16.3 Å². The van der Waals surface area contributed by atoms with Gasteiger partial charge in [0.2, 0.25) is 5.91 Å². The van der Waals surface area contributed by atoms with Gasteiger partial charge in [0.15, 0.2) is 0 Å². The second-order valence-electron chi connectivity index (χ2n) is 5.14. The molecule has 0 unspecified atom stereocenters. The first-order chi connectivity index (χ1) is 10.5. The van der Waals surface area contributed by atoms with E-state index in [1.54, 1.807) is 7.11 Å². The van der Waals surface area contributed by atoms with Gasteiger partial charge in [-0.2, -0.15) is 5.26 Å². The quantitative estimate of drug-likeness (QED) is 0.935. The number of ether oxygens (including phenoxy) is 1. The average Bonchev–Trinajstić information content (AvgIpc) is 2.73. The van der Waals surface area contributed by atoms with Crippen LogP contribution in [0.5, 0.6) is 5.75 Å². The van der Waals surface area contributed by atoms with Crippen LogP contribution in [0.3, 0.4) is 0 Å². The van der Waals surface area contributed by atoms with E-state index in [1.807, 2.05) is 39.0 Å². The first-order valence-electron chi connectivity index (χ1n) is 6.89. The maximum absolute atomic E-state index is 12.3. The molecule has 0 saturated heterocycles. The molecule has 2 rings (SSSR count). The molecule has 0 aliphatic rings. The molecule has 1 N–H and O–H groups in total. The van der Waals surface area contributed by atoms with Crippen LogP contribution in [0.4, 0.5) is 5.00 Å². The molecule has 0 saturated carbocycles. The Labute approximate surface area is 134 Å². The first-order valence-corrected chi connectivity index (χ1v) is 7.71. The Morgan fingerprint density at radius 2 is 2.09 bits per heavy atom. The predicted octanol–water partition coefficient (Wildman–Crippen LogP) is 3.73. The minimum atomic E-state index is -0.151. The summed E-state index contributed by atoms with van der Waals surface area (Å²) < 4.78 is 5.29. The van der Waals surface area contributed by atoms with E-state index in [1.165, 1.54) is 11.3 Å². The molecular weight excluding hydrogens is 296 g/mol.